The highest BCUT2D eigenvalue weighted by Crippen LogP contribution is 2.12. The summed E-state index contributed by atoms with van der Waals surface area (Å²) >= 11 is 0. The maximum absolute atomic E-state index is 6.18. The Morgan fingerprint density at radius 2 is 1.83 bits per heavy atom. The molecule has 0 unspecified atom stereocenters. The van der Waals surface area contributed by atoms with Crippen molar-refractivity contribution in [1.82, 2.24) is 0 Å². The molecule has 0 fully saturated rings. The van der Waals surface area contributed by atoms with E-state index in [2.05, 4.69) is 44.7 Å². The largest absolute Gasteiger partial charge is 0.379 e. The summed E-state index contributed by atoms with van der Waals surface area (Å²) in [7, 11) is 0. The number of ether oxygens (including phenoxy) is 1. The van der Waals surface area contributed by atoms with E-state index < -0.39 is 0 Å². The first kappa shape index (κ1) is 14.9. The van der Waals surface area contributed by atoms with Crippen LogP contribution in [0.2, 0.25) is 0 Å². The average Bonchev–Trinajstić information content (AvgIpc) is 2.44. The van der Waals surface area contributed by atoms with Gasteiger partial charge in [-0.15, -0.1) is 0 Å². The van der Waals surface area contributed by atoms with E-state index in [-0.39, 0.29) is 5.54 Å². The third-order valence-electron chi connectivity index (χ3n) is 3.55. The Balaban J connectivity index is 2.31. The number of hydrogen-bond donors (Lipinski definition) is 1. The van der Waals surface area contributed by atoms with Crippen molar-refractivity contribution in [2.24, 2.45) is 5.73 Å². The monoisotopic (exact) mass is 247 g/mol. The van der Waals surface area contributed by atoms with Crippen molar-refractivity contribution in [3.05, 3.63) is 42.0 Å². The zero-order chi connectivity index (χ0) is 13.4. The predicted molar refractivity (Wildman–Crippen MR) is 78.6 cm³/mol. The lowest BCUT2D eigenvalue weighted by molar-refractivity contribution is 0.0831. The number of rotatable bonds is 8. The molecule has 1 aromatic carbocycles. The topological polar surface area (TPSA) is 35.2 Å². The molecular weight excluding hydrogens is 222 g/mol. The highest BCUT2D eigenvalue weighted by atomic mass is 16.5. The average molecular weight is 247 g/mol. The van der Waals surface area contributed by atoms with E-state index in [0.29, 0.717) is 6.61 Å². The zero-order valence-corrected chi connectivity index (χ0v) is 11.6. The second-order valence-corrected chi connectivity index (χ2v) is 4.82. The van der Waals surface area contributed by atoms with Crippen LogP contribution < -0.4 is 5.73 Å². The van der Waals surface area contributed by atoms with Crippen LogP contribution in [0.25, 0.3) is 6.08 Å². The normalized spacial score (nSPS) is 11.5. The molecule has 18 heavy (non-hydrogen) atoms. The minimum Gasteiger partial charge on any atom is -0.379 e. The van der Waals surface area contributed by atoms with Crippen molar-refractivity contribution in [1.29, 1.82) is 0 Å². The van der Waals surface area contributed by atoms with Crippen LogP contribution in [0, 0.1) is 0 Å². The lowest BCUT2D eigenvalue weighted by Crippen LogP contribution is -2.43. The Labute approximate surface area is 111 Å². The van der Waals surface area contributed by atoms with Crippen molar-refractivity contribution in [3.8, 4) is 0 Å². The molecule has 2 nitrogen and oxygen atoms in total. The molecule has 0 saturated carbocycles. The molecule has 0 heterocycles. The van der Waals surface area contributed by atoms with E-state index in [1.165, 1.54) is 5.56 Å². The lowest BCUT2D eigenvalue weighted by Gasteiger charge is -2.26. The van der Waals surface area contributed by atoms with Gasteiger partial charge in [-0.1, -0.05) is 50.8 Å². The van der Waals surface area contributed by atoms with E-state index in [0.717, 1.165) is 31.4 Å². The van der Waals surface area contributed by atoms with Crippen LogP contribution in [0.3, 0.4) is 0 Å². The molecule has 100 valence electrons. The van der Waals surface area contributed by atoms with Gasteiger partial charge in [-0.3, -0.25) is 0 Å². The van der Waals surface area contributed by atoms with Gasteiger partial charge in [0.05, 0.1) is 13.2 Å². The van der Waals surface area contributed by atoms with E-state index in [1.54, 1.807) is 0 Å². The third-order valence-corrected chi connectivity index (χ3v) is 3.55. The zero-order valence-electron chi connectivity index (χ0n) is 11.6. The van der Waals surface area contributed by atoms with Gasteiger partial charge in [-0.25, -0.2) is 0 Å². The molecule has 0 amide bonds. The highest BCUT2D eigenvalue weighted by molar-refractivity contribution is 5.47. The summed E-state index contributed by atoms with van der Waals surface area (Å²) < 4.78 is 5.70. The van der Waals surface area contributed by atoms with Crippen LogP contribution in [0.5, 0.6) is 0 Å². The summed E-state index contributed by atoms with van der Waals surface area (Å²) in [6.45, 7) is 9.34. The molecule has 0 aromatic heterocycles. The van der Waals surface area contributed by atoms with Crippen molar-refractivity contribution in [3.63, 3.8) is 0 Å². The van der Waals surface area contributed by atoms with Crippen molar-refractivity contribution >= 4 is 6.08 Å². The first-order valence-electron chi connectivity index (χ1n) is 6.71. The van der Waals surface area contributed by atoms with Gasteiger partial charge >= 0.3 is 0 Å². The van der Waals surface area contributed by atoms with Gasteiger partial charge < -0.3 is 10.5 Å². The Kier molecular flexibility index (Phi) is 6.10. The summed E-state index contributed by atoms with van der Waals surface area (Å²) in [6, 6.07) is 8.40. The standard InChI is InChI=1S/C16H25NO/c1-4-14-7-9-15(10-8-14)11-12-18-13-16(17,5-2)6-3/h4,7-10H,1,5-6,11-13,17H2,2-3H3. The van der Waals surface area contributed by atoms with Gasteiger partial charge in [0.25, 0.3) is 0 Å². The summed E-state index contributed by atoms with van der Waals surface area (Å²) in [5.41, 5.74) is 8.46. The van der Waals surface area contributed by atoms with Gasteiger partial charge in [-0.2, -0.15) is 0 Å². The number of nitrogens with two attached hydrogens (primary N) is 1. The van der Waals surface area contributed by atoms with Crippen LogP contribution >= 0.6 is 0 Å². The first-order chi connectivity index (χ1) is 8.63. The smallest absolute Gasteiger partial charge is 0.0646 e. The molecule has 0 saturated heterocycles. The Morgan fingerprint density at radius 1 is 1.22 bits per heavy atom. The summed E-state index contributed by atoms with van der Waals surface area (Å²) in [6.07, 6.45) is 4.70. The van der Waals surface area contributed by atoms with Crippen LogP contribution in [0.4, 0.5) is 0 Å². The van der Waals surface area contributed by atoms with Crippen molar-refractivity contribution in [2.45, 2.75) is 38.6 Å². The van der Waals surface area contributed by atoms with Crippen LogP contribution in [-0.4, -0.2) is 18.8 Å². The Bertz CT molecular complexity index is 352. The van der Waals surface area contributed by atoms with Crippen molar-refractivity contribution in [2.75, 3.05) is 13.2 Å². The molecule has 0 bridgehead atoms. The molecule has 2 N–H and O–H groups in total. The fourth-order valence-electron chi connectivity index (χ4n) is 1.74. The fourth-order valence-corrected chi connectivity index (χ4v) is 1.74. The van der Waals surface area contributed by atoms with E-state index in [4.69, 9.17) is 10.5 Å². The third kappa shape index (κ3) is 4.63. The molecule has 2 heteroatoms. The minimum atomic E-state index is -0.160. The molecule has 0 aliphatic heterocycles. The minimum absolute atomic E-state index is 0.160. The van der Waals surface area contributed by atoms with Crippen LogP contribution in [0.1, 0.15) is 37.8 Å². The van der Waals surface area contributed by atoms with E-state index >= 15 is 0 Å². The van der Waals surface area contributed by atoms with Gasteiger partial charge in [0.2, 0.25) is 0 Å². The van der Waals surface area contributed by atoms with Crippen molar-refractivity contribution < 1.29 is 4.74 Å². The summed E-state index contributed by atoms with van der Waals surface area (Å²) in [5.74, 6) is 0. The molecule has 0 atom stereocenters. The Morgan fingerprint density at radius 3 is 2.33 bits per heavy atom. The van der Waals surface area contributed by atoms with E-state index in [1.807, 2.05) is 6.08 Å². The number of hydrogen-bond acceptors (Lipinski definition) is 2. The molecule has 0 aliphatic rings. The second-order valence-electron chi connectivity index (χ2n) is 4.82. The summed E-state index contributed by atoms with van der Waals surface area (Å²) in [5, 5.41) is 0. The van der Waals surface area contributed by atoms with Crippen LogP contribution in [0.15, 0.2) is 30.8 Å². The van der Waals surface area contributed by atoms with Gasteiger partial charge in [-0.05, 0) is 30.4 Å². The SMILES string of the molecule is C=Cc1ccc(CCOCC(N)(CC)CC)cc1. The predicted octanol–water partition coefficient (Wildman–Crippen LogP) is 3.41. The van der Waals surface area contributed by atoms with Gasteiger partial charge in [0, 0.05) is 5.54 Å². The van der Waals surface area contributed by atoms with Gasteiger partial charge in [0.15, 0.2) is 0 Å². The second kappa shape index (κ2) is 7.34. The molecule has 1 aromatic rings. The highest BCUT2D eigenvalue weighted by Gasteiger charge is 2.19. The lowest BCUT2D eigenvalue weighted by atomic mass is 9.96. The molecule has 0 aliphatic carbocycles. The quantitative estimate of drug-likeness (QED) is 0.714. The summed E-state index contributed by atoms with van der Waals surface area (Å²) in [4.78, 5) is 0. The maximum Gasteiger partial charge on any atom is 0.0646 e. The molecule has 0 spiro atoms. The van der Waals surface area contributed by atoms with Gasteiger partial charge in [0.1, 0.15) is 0 Å². The maximum atomic E-state index is 6.18. The number of benzene rings is 1. The fraction of sp³-hybridized carbons (Fsp3) is 0.500. The molecule has 1 rings (SSSR count). The first-order valence-corrected chi connectivity index (χ1v) is 6.71. The molecular formula is C16H25NO. The Hall–Kier alpha value is -1.12. The van der Waals surface area contributed by atoms with Crippen LogP contribution in [-0.2, 0) is 11.2 Å². The molecule has 0 radical (unpaired) electrons. The van der Waals surface area contributed by atoms with E-state index in [9.17, 15) is 0 Å².